The topological polar surface area (TPSA) is 82.0 Å². The molecule has 7 heteroatoms. The van der Waals surface area contributed by atoms with Gasteiger partial charge in [0.25, 0.3) is 0 Å². The standard InChI is InChI=1S/C30H44N2O4.ClH/c1-30(2,3)32(29(34)35)27(28(33)21-31-20-25-14-9-15-26(18-25)36-4)19-24-13-8-12-23(17-24)16-22-10-6-5-7-11-22;/h8-9,12-15,17-18,22,27-28,31,33H,5-7,10-11,16,19-21H2,1-4H3,(H,34,35);1H/t27-,28+;/m0./s1. The number of carboxylic acid groups (broad SMARTS) is 1. The van der Waals surface area contributed by atoms with Crippen molar-refractivity contribution in [2.75, 3.05) is 13.7 Å². The predicted molar refractivity (Wildman–Crippen MR) is 152 cm³/mol. The van der Waals surface area contributed by atoms with Gasteiger partial charge in [-0.05, 0) is 68.4 Å². The monoisotopic (exact) mass is 532 g/mol. The van der Waals surface area contributed by atoms with E-state index in [1.807, 2.05) is 45.0 Å². The van der Waals surface area contributed by atoms with E-state index in [4.69, 9.17) is 4.74 Å². The molecule has 2 aromatic carbocycles. The van der Waals surface area contributed by atoms with E-state index < -0.39 is 23.8 Å². The molecule has 1 amide bonds. The average Bonchev–Trinajstić information content (AvgIpc) is 2.83. The van der Waals surface area contributed by atoms with Crippen molar-refractivity contribution in [1.82, 2.24) is 10.2 Å². The van der Waals surface area contributed by atoms with Crippen LogP contribution in [0.25, 0.3) is 0 Å². The first-order valence-corrected chi connectivity index (χ1v) is 13.3. The normalized spacial score (nSPS) is 15.9. The lowest BCUT2D eigenvalue weighted by Gasteiger charge is -2.42. The zero-order valence-electron chi connectivity index (χ0n) is 22.8. The molecule has 0 spiro atoms. The van der Waals surface area contributed by atoms with Gasteiger partial charge < -0.3 is 20.3 Å². The molecule has 0 unspecified atom stereocenters. The minimum absolute atomic E-state index is 0. The van der Waals surface area contributed by atoms with Gasteiger partial charge in [0.2, 0.25) is 0 Å². The molecule has 2 atom stereocenters. The first-order valence-electron chi connectivity index (χ1n) is 13.3. The van der Waals surface area contributed by atoms with Crippen molar-refractivity contribution in [3.8, 4) is 5.75 Å². The minimum Gasteiger partial charge on any atom is -0.497 e. The molecule has 37 heavy (non-hydrogen) atoms. The van der Waals surface area contributed by atoms with E-state index in [-0.39, 0.29) is 19.0 Å². The molecule has 0 aliphatic heterocycles. The molecule has 6 nitrogen and oxygen atoms in total. The number of carbonyl (C=O) groups is 1. The van der Waals surface area contributed by atoms with Crippen LogP contribution in [-0.4, -0.2) is 52.5 Å². The molecule has 0 saturated heterocycles. The van der Waals surface area contributed by atoms with Gasteiger partial charge in [0.15, 0.2) is 0 Å². The second kappa shape index (κ2) is 14.6. The van der Waals surface area contributed by atoms with E-state index in [0.29, 0.717) is 13.0 Å². The summed E-state index contributed by atoms with van der Waals surface area (Å²) in [6.07, 6.45) is 6.23. The summed E-state index contributed by atoms with van der Waals surface area (Å²) in [5, 5.41) is 24.7. The summed E-state index contributed by atoms with van der Waals surface area (Å²) in [6.45, 7) is 6.47. The Balaban J connectivity index is 0.00000481. The molecular formula is C30H45ClN2O4. The maximum atomic E-state index is 12.4. The van der Waals surface area contributed by atoms with Crippen LogP contribution >= 0.6 is 12.4 Å². The molecule has 1 aliphatic carbocycles. The van der Waals surface area contributed by atoms with Crippen molar-refractivity contribution in [3.63, 3.8) is 0 Å². The van der Waals surface area contributed by atoms with Crippen LogP contribution in [0, 0.1) is 5.92 Å². The molecule has 206 valence electrons. The molecule has 2 aromatic rings. The van der Waals surface area contributed by atoms with Crippen LogP contribution < -0.4 is 10.1 Å². The molecule has 1 aliphatic rings. The summed E-state index contributed by atoms with van der Waals surface area (Å²) < 4.78 is 5.29. The lowest BCUT2D eigenvalue weighted by molar-refractivity contribution is 0.00770. The summed E-state index contributed by atoms with van der Waals surface area (Å²) in [5.41, 5.74) is 2.76. The number of nitrogens with one attached hydrogen (secondary N) is 1. The molecule has 1 saturated carbocycles. The van der Waals surface area contributed by atoms with E-state index >= 15 is 0 Å². The summed E-state index contributed by atoms with van der Waals surface area (Å²) in [7, 11) is 1.64. The number of ether oxygens (including phenoxy) is 1. The highest BCUT2D eigenvalue weighted by molar-refractivity contribution is 5.85. The Bertz CT molecular complexity index is 972. The summed E-state index contributed by atoms with van der Waals surface area (Å²) in [4.78, 5) is 13.8. The first-order chi connectivity index (χ1) is 17.2. The Morgan fingerprint density at radius 1 is 1.05 bits per heavy atom. The van der Waals surface area contributed by atoms with Crippen molar-refractivity contribution in [2.24, 2.45) is 5.92 Å². The Kier molecular flexibility index (Phi) is 12.2. The van der Waals surface area contributed by atoms with E-state index in [2.05, 4.69) is 29.6 Å². The van der Waals surface area contributed by atoms with Gasteiger partial charge in [-0.3, -0.25) is 4.90 Å². The van der Waals surface area contributed by atoms with Crippen LogP contribution in [0.15, 0.2) is 48.5 Å². The number of aliphatic hydroxyl groups excluding tert-OH is 1. The number of hydrogen-bond donors (Lipinski definition) is 3. The van der Waals surface area contributed by atoms with Gasteiger partial charge in [-0.25, -0.2) is 4.79 Å². The minimum atomic E-state index is -1.02. The van der Waals surface area contributed by atoms with Gasteiger partial charge in [-0.2, -0.15) is 0 Å². The third-order valence-electron chi connectivity index (χ3n) is 7.21. The number of rotatable bonds is 11. The van der Waals surface area contributed by atoms with Crippen molar-refractivity contribution in [3.05, 3.63) is 65.2 Å². The van der Waals surface area contributed by atoms with Gasteiger partial charge in [0.05, 0.1) is 19.3 Å². The molecule has 1 fully saturated rings. The zero-order chi connectivity index (χ0) is 26.1. The van der Waals surface area contributed by atoms with E-state index in [9.17, 15) is 15.0 Å². The predicted octanol–water partition coefficient (Wildman–Crippen LogP) is 6.08. The smallest absolute Gasteiger partial charge is 0.408 e. The second-order valence-electron chi connectivity index (χ2n) is 11.2. The van der Waals surface area contributed by atoms with E-state index in [1.54, 1.807) is 7.11 Å². The van der Waals surface area contributed by atoms with Crippen LogP contribution in [-0.2, 0) is 19.4 Å². The molecule has 3 N–H and O–H groups in total. The molecule has 0 bridgehead atoms. The summed E-state index contributed by atoms with van der Waals surface area (Å²) in [6, 6.07) is 15.7. The number of methoxy groups -OCH3 is 1. The van der Waals surface area contributed by atoms with Crippen molar-refractivity contribution in [1.29, 1.82) is 0 Å². The van der Waals surface area contributed by atoms with Crippen LogP contribution in [0.1, 0.15) is 69.6 Å². The maximum absolute atomic E-state index is 12.4. The number of benzene rings is 2. The van der Waals surface area contributed by atoms with Gasteiger partial charge in [-0.1, -0.05) is 68.5 Å². The maximum Gasteiger partial charge on any atom is 0.408 e. The molecular weight excluding hydrogens is 488 g/mol. The Morgan fingerprint density at radius 2 is 1.70 bits per heavy atom. The Labute approximate surface area is 228 Å². The first kappa shape index (κ1) is 30.9. The van der Waals surface area contributed by atoms with Gasteiger partial charge in [0.1, 0.15) is 5.75 Å². The lowest BCUT2D eigenvalue weighted by Crippen LogP contribution is -2.58. The van der Waals surface area contributed by atoms with Gasteiger partial charge in [0, 0.05) is 18.6 Å². The molecule has 0 heterocycles. The summed E-state index contributed by atoms with van der Waals surface area (Å²) >= 11 is 0. The lowest BCUT2D eigenvalue weighted by atomic mass is 9.84. The number of nitrogens with zero attached hydrogens (tertiary/aromatic N) is 1. The zero-order valence-corrected chi connectivity index (χ0v) is 23.6. The van der Waals surface area contributed by atoms with Crippen molar-refractivity contribution < 1.29 is 19.7 Å². The number of aliphatic hydroxyl groups is 1. The second-order valence-corrected chi connectivity index (χ2v) is 11.2. The molecule has 3 rings (SSSR count). The number of hydrogen-bond acceptors (Lipinski definition) is 4. The van der Waals surface area contributed by atoms with Crippen LogP contribution in [0.5, 0.6) is 5.75 Å². The highest BCUT2D eigenvalue weighted by Crippen LogP contribution is 2.28. The largest absolute Gasteiger partial charge is 0.497 e. The van der Waals surface area contributed by atoms with Gasteiger partial charge >= 0.3 is 6.09 Å². The fourth-order valence-corrected chi connectivity index (χ4v) is 5.46. The average molecular weight is 533 g/mol. The van der Waals surface area contributed by atoms with Crippen LogP contribution in [0.2, 0.25) is 0 Å². The van der Waals surface area contributed by atoms with Crippen molar-refractivity contribution in [2.45, 2.75) is 89.9 Å². The summed E-state index contributed by atoms with van der Waals surface area (Å²) in [5.74, 6) is 1.52. The van der Waals surface area contributed by atoms with E-state index in [0.717, 1.165) is 29.2 Å². The SMILES string of the molecule is COc1cccc(CNC[C@@H](O)[C@H](Cc2cccc(CC3CCCCC3)c2)N(C(=O)O)C(C)(C)C)c1.Cl. The van der Waals surface area contributed by atoms with Crippen molar-refractivity contribution >= 4 is 18.5 Å². The molecule has 0 aromatic heterocycles. The highest BCUT2D eigenvalue weighted by Gasteiger charge is 2.37. The van der Waals surface area contributed by atoms with Crippen LogP contribution in [0.4, 0.5) is 4.79 Å². The number of amides is 1. The third-order valence-corrected chi connectivity index (χ3v) is 7.21. The third kappa shape index (κ3) is 9.51. The quantitative estimate of drug-likeness (QED) is 0.326. The fourth-order valence-electron chi connectivity index (χ4n) is 5.46. The van der Waals surface area contributed by atoms with Gasteiger partial charge in [-0.15, -0.1) is 12.4 Å². The molecule has 0 radical (unpaired) electrons. The number of halogens is 1. The Hall–Kier alpha value is -2.28. The highest BCUT2D eigenvalue weighted by atomic mass is 35.5. The fraction of sp³-hybridized carbons (Fsp3) is 0.567. The Morgan fingerprint density at radius 3 is 2.35 bits per heavy atom. The van der Waals surface area contributed by atoms with Crippen LogP contribution in [0.3, 0.4) is 0 Å². The van der Waals surface area contributed by atoms with E-state index in [1.165, 1.54) is 42.6 Å².